The SMILES string of the molecule is Nc1ccc(=O)n(CCc2cccs2)n1. The van der Waals surface area contributed by atoms with Gasteiger partial charge in [-0.3, -0.25) is 4.79 Å². The fourth-order valence-electron chi connectivity index (χ4n) is 1.30. The van der Waals surface area contributed by atoms with Crippen LogP contribution in [0.3, 0.4) is 0 Å². The molecule has 0 fully saturated rings. The van der Waals surface area contributed by atoms with E-state index >= 15 is 0 Å². The van der Waals surface area contributed by atoms with Crippen molar-refractivity contribution in [3.63, 3.8) is 0 Å². The Morgan fingerprint density at radius 1 is 1.40 bits per heavy atom. The monoisotopic (exact) mass is 221 g/mol. The van der Waals surface area contributed by atoms with E-state index in [1.807, 2.05) is 17.5 Å². The van der Waals surface area contributed by atoms with Gasteiger partial charge in [-0.2, -0.15) is 5.10 Å². The highest BCUT2D eigenvalue weighted by Crippen LogP contribution is 2.09. The lowest BCUT2D eigenvalue weighted by Gasteiger charge is -2.03. The van der Waals surface area contributed by atoms with Crippen LogP contribution >= 0.6 is 11.3 Å². The van der Waals surface area contributed by atoms with Gasteiger partial charge in [0.05, 0.1) is 0 Å². The van der Waals surface area contributed by atoms with Crippen molar-refractivity contribution < 1.29 is 0 Å². The van der Waals surface area contributed by atoms with Gasteiger partial charge in [0, 0.05) is 23.9 Å². The van der Waals surface area contributed by atoms with Gasteiger partial charge in [-0.25, -0.2) is 4.68 Å². The second-order valence-electron chi connectivity index (χ2n) is 3.15. The van der Waals surface area contributed by atoms with E-state index in [-0.39, 0.29) is 5.56 Å². The third-order valence-corrected chi connectivity index (χ3v) is 2.97. The molecule has 0 unspecified atom stereocenters. The zero-order chi connectivity index (χ0) is 10.7. The number of hydrogen-bond acceptors (Lipinski definition) is 4. The summed E-state index contributed by atoms with van der Waals surface area (Å²) < 4.78 is 1.40. The van der Waals surface area contributed by atoms with Crippen LogP contribution in [0.25, 0.3) is 0 Å². The van der Waals surface area contributed by atoms with Crippen molar-refractivity contribution in [2.75, 3.05) is 5.73 Å². The minimum Gasteiger partial charge on any atom is -0.382 e. The highest BCUT2D eigenvalue weighted by molar-refractivity contribution is 7.09. The highest BCUT2D eigenvalue weighted by Gasteiger charge is 1.99. The molecule has 0 saturated carbocycles. The number of nitrogen functional groups attached to an aromatic ring is 1. The maximum Gasteiger partial charge on any atom is 0.266 e. The molecule has 0 bridgehead atoms. The molecule has 2 N–H and O–H groups in total. The topological polar surface area (TPSA) is 60.9 Å². The third kappa shape index (κ3) is 2.44. The molecule has 0 aliphatic heterocycles. The van der Waals surface area contributed by atoms with Gasteiger partial charge in [0.1, 0.15) is 5.82 Å². The standard InChI is InChI=1S/C10H11N3OS/c11-9-3-4-10(14)13(12-9)6-5-8-2-1-7-15-8/h1-4,7H,5-6H2,(H2,11,12). The molecule has 0 radical (unpaired) electrons. The van der Waals surface area contributed by atoms with Gasteiger partial charge in [0.25, 0.3) is 5.56 Å². The average Bonchev–Trinajstić information content (AvgIpc) is 2.72. The number of aryl methyl sites for hydroxylation is 2. The Balaban J connectivity index is 2.11. The lowest BCUT2D eigenvalue weighted by atomic mass is 10.3. The van der Waals surface area contributed by atoms with Gasteiger partial charge in [-0.05, 0) is 17.5 Å². The van der Waals surface area contributed by atoms with Crippen molar-refractivity contribution in [1.82, 2.24) is 9.78 Å². The number of aromatic nitrogens is 2. The Morgan fingerprint density at radius 3 is 3.00 bits per heavy atom. The lowest BCUT2D eigenvalue weighted by Crippen LogP contribution is -2.23. The van der Waals surface area contributed by atoms with Crippen LogP contribution in [-0.4, -0.2) is 9.78 Å². The second-order valence-corrected chi connectivity index (χ2v) is 4.18. The van der Waals surface area contributed by atoms with Crippen LogP contribution in [0.15, 0.2) is 34.4 Å². The zero-order valence-corrected chi connectivity index (χ0v) is 8.91. The van der Waals surface area contributed by atoms with Crippen LogP contribution in [0, 0.1) is 0 Å². The number of hydrogen-bond donors (Lipinski definition) is 1. The van der Waals surface area contributed by atoms with Crippen LogP contribution < -0.4 is 11.3 Å². The molecule has 0 atom stereocenters. The largest absolute Gasteiger partial charge is 0.382 e. The van der Waals surface area contributed by atoms with Gasteiger partial charge in [-0.15, -0.1) is 11.3 Å². The van der Waals surface area contributed by atoms with Crippen molar-refractivity contribution in [2.45, 2.75) is 13.0 Å². The molecule has 5 heteroatoms. The molecule has 0 amide bonds. The molecule has 0 spiro atoms. The minimum atomic E-state index is -0.110. The second kappa shape index (κ2) is 4.27. The van der Waals surface area contributed by atoms with Gasteiger partial charge < -0.3 is 5.73 Å². The molecular formula is C10H11N3OS. The Bertz CT molecular complexity index is 490. The summed E-state index contributed by atoms with van der Waals surface area (Å²) in [6.45, 7) is 0.574. The van der Waals surface area contributed by atoms with E-state index in [2.05, 4.69) is 5.10 Å². The summed E-state index contributed by atoms with van der Waals surface area (Å²) in [5.41, 5.74) is 5.40. The summed E-state index contributed by atoms with van der Waals surface area (Å²) >= 11 is 1.68. The number of nitrogens with two attached hydrogens (primary N) is 1. The molecule has 0 aliphatic rings. The Labute approximate surface area is 91.0 Å². The summed E-state index contributed by atoms with van der Waals surface area (Å²) in [5.74, 6) is 0.376. The predicted molar refractivity (Wildman–Crippen MR) is 60.9 cm³/mol. The summed E-state index contributed by atoms with van der Waals surface area (Å²) in [5, 5.41) is 5.98. The molecule has 2 heterocycles. The normalized spacial score (nSPS) is 10.4. The first kappa shape index (κ1) is 9.92. The molecule has 2 aromatic heterocycles. The predicted octanol–water partition coefficient (Wildman–Crippen LogP) is 1.13. The van der Waals surface area contributed by atoms with Crippen molar-refractivity contribution in [2.24, 2.45) is 0 Å². The lowest BCUT2D eigenvalue weighted by molar-refractivity contribution is 0.585. The maximum atomic E-state index is 11.4. The summed E-state index contributed by atoms with van der Waals surface area (Å²) in [7, 11) is 0. The van der Waals surface area contributed by atoms with E-state index in [1.54, 1.807) is 11.3 Å². The van der Waals surface area contributed by atoms with Crippen LogP contribution in [-0.2, 0) is 13.0 Å². The van der Waals surface area contributed by atoms with Crippen LogP contribution in [0.5, 0.6) is 0 Å². The van der Waals surface area contributed by atoms with Crippen LogP contribution in [0.1, 0.15) is 4.88 Å². The summed E-state index contributed by atoms with van der Waals surface area (Å²) in [4.78, 5) is 12.6. The molecule has 0 saturated heterocycles. The smallest absolute Gasteiger partial charge is 0.266 e. The van der Waals surface area contributed by atoms with Gasteiger partial charge in [-0.1, -0.05) is 6.07 Å². The minimum absolute atomic E-state index is 0.110. The number of nitrogens with zero attached hydrogens (tertiary/aromatic N) is 2. The molecular weight excluding hydrogens is 210 g/mol. The highest BCUT2D eigenvalue weighted by atomic mass is 32.1. The number of anilines is 1. The molecule has 15 heavy (non-hydrogen) atoms. The summed E-state index contributed by atoms with van der Waals surface area (Å²) in [6.07, 6.45) is 0.814. The number of rotatable bonds is 3. The first-order valence-corrected chi connectivity index (χ1v) is 5.50. The van der Waals surface area contributed by atoms with Crippen LogP contribution in [0.2, 0.25) is 0 Å². The van der Waals surface area contributed by atoms with Gasteiger partial charge in [0.15, 0.2) is 0 Å². The van der Waals surface area contributed by atoms with E-state index < -0.39 is 0 Å². The molecule has 2 rings (SSSR count). The average molecular weight is 221 g/mol. The van der Waals surface area contributed by atoms with E-state index in [9.17, 15) is 4.79 Å². The van der Waals surface area contributed by atoms with Crippen molar-refractivity contribution in [3.05, 3.63) is 44.9 Å². The van der Waals surface area contributed by atoms with Crippen molar-refractivity contribution in [3.8, 4) is 0 Å². The van der Waals surface area contributed by atoms with E-state index in [0.29, 0.717) is 12.4 Å². The van der Waals surface area contributed by atoms with E-state index in [4.69, 9.17) is 5.73 Å². The molecule has 0 aliphatic carbocycles. The number of thiophene rings is 1. The summed E-state index contributed by atoms with van der Waals surface area (Å²) in [6, 6.07) is 7.00. The van der Waals surface area contributed by atoms with Crippen molar-refractivity contribution >= 4 is 17.2 Å². The third-order valence-electron chi connectivity index (χ3n) is 2.04. The van der Waals surface area contributed by atoms with Crippen LogP contribution in [0.4, 0.5) is 5.82 Å². The first-order valence-electron chi connectivity index (χ1n) is 4.62. The molecule has 2 aromatic rings. The fourth-order valence-corrected chi connectivity index (χ4v) is 1.99. The molecule has 4 nitrogen and oxygen atoms in total. The Kier molecular flexibility index (Phi) is 2.82. The molecule has 0 aromatic carbocycles. The van der Waals surface area contributed by atoms with Gasteiger partial charge in [0.2, 0.25) is 0 Å². The Morgan fingerprint density at radius 2 is 2.27 bits per heavy atom. The zero-order valence-electron chi connectivity index (χ0n) is 8.09. The van der Waals surface area contributed by atoms with Gasteiger partial charge >= 0.3 is 0 Å². The maximum absolute atomic E-state index is 11.4. The first-order chi connectivity index (χ1) is 7.25. The van der Waals surface area contributed by atoms with E-state index in [0.717, 1.165) is 6.42 Å². The van der Waals surface area contributed by atoms with E-state index in [1.165, 1.54) is 21.7 Å². The fraction of sp³-hybridized carbons (Fsp3) is 0.200. The quantitative estimate of drug-likeness (QED) is 0.845. The van der Waals surface area contributed by atoms with Crippen molar-refractivity contribution in [1.29, 1.82) is 0 Å². The Hall–Kier alpha value is -1.62. The molecule has 78 valence electrons.